The quantitative estimate of drug-likeness (QED) is 0.663. The van der Waals surface area contributed by atoms with E-state index in [1.54, 1.807) is 32.7 Å². The van der Waals surface area contributed by atoms with Gasteiger partial charge in [-0.1, -0.05) is 0 Å². The second-order valence-corrected chi connectivity index (χ2v) is 7.63. The molecule has 0 radical (unpaired) electrons. The predicted octanol–water partition coefficient (Wildman–Crippen LogP) is 3.06. The number of piperidine rings is 1. The summed E-state index contributed by atoms with van der Waals surface area (Å²) in [6.07, 6.45) is -3.21. The average Bonchev–Trinajstić information content (AvgIpc) is 2.49. The van der Waals surface area contributed by atoms with Crippen LogP contribution in [0.1, 0.15) is 40.0 Å². The van der Waals surface area contributed by atoms with Crippen LogP contribution in [0, 0.1) is 5.92 Å². The van der Waals surface area contributed by atoms with Gasteiger partial charge in [-0.3, -0.25) is 4.79 Å². The molecule has 0 aliphatic carbocycles. The van der Waals surface area contributed by atoms with Crippen molar-refractivity contribution in [3.8, 4) is 0 Å². The summed E-state index contributed by atoms with van der Waals surface area (Å²) in [5.41, 5.74) is -0.573. The van der Waals surface area contributed by atoms with Gasteiger partial charge in [-0.25, -0.2) is 4.79 Å². The number of carbonyl (C=O) groups excluding carboxylic acids is 2. The van der Waals surface area contributed by atoms with E-state index in [2.05, 4.69) is 4.74 Å². The number of alkyl halides is 3. The van der Waals surface area contributed by atoms with Gasteiger partial charge in [0.05, 0.1) is 13.0 Å². The highest BCUT2D eigenvalue weighted by molar-refractivity contribution is 5.76. The summed E-state index contributed by atoms with van der Waals surface area (Å²) in [6, 6.07) is 0. The Bertz CT molecular complexity index is 478. The minimum atomic E-state index is -4.38. The molecule has 0 spiro atoms. The first kappa shape index (κ1) is 22.5. The molecule has 0 aromatic heterocycles. The van der Waals surface area contributed by atoms with Gasteiger partial charge in [0, 0.05) is 26.7 Å². The SMILES string of the molecule is CN(CC1CCCN(C(=O)CCOCC(F)(F)F)C1)C(=O)OC(C)(C)C. The standard InChI is InChI=1S/C17H29F3N2O4/c1-16(2,3)26-15(24)21(4)10-13-6-5-8-22(11-13)14(23)7-9-25-12-17(18,19)20/h13H,5-12H2,1-4H3. The van der Waals surface area contributed by atoms with Crippen LogP contribution in [0.3, 0.4) is 0 Å². The third-order valence-corrected chi connectivity index (χ3v) is 3.83. The molecular formula is C17H29F3N2O4. The molecule has 1 unspecified atom stereocenters. The van der Waals surface area contributed by atoms with Gasteiger partial charge in [0.15, 0.2) is 0 Å². The van der Waals surface area contributed by atoms with Crippen molar-refractivity contribution < 1.29 is 32.2 Å². The zero-order valence-corrected chi connectivity index (χ0v) is 15.9. The number of amides is 2. The van der Waals surface area contributed by atoms with E-state index in [9.17, 15) is 22.8 Å². The lowest BCUT2D eigenvalue weighted by atomic mass is 9.97. The van der Waals surface area contributed by atoms with E-state index in [-0.39, 0.29) is 24.9 Å². The minimum Gasteiger partial charge on any atom is -0.444 e. The molecule has 0 N–H and O–H groups in total. The monoisotopic (exact) mass is 382 g/mol. The highest BCUT2D eigenvalue weighted by atomic mass is 19.4. The summed E-state index contributed by atoms with van der Waals surface area (Å²) in [4.78, 5) is 27.3. The third kappa shape index (κ3) is 9.26. The third-order valence-electron chi connectivity index (χ3n) is 3.83. The first-order valence-electron chi connectivity index (χ1n) is 8.74. The Kier molecular flexibility index (Phi) is 8.17. The first-order chi connectivity index (χ1) is 11.9. The van der Waals surface area contributed by atoms with E-state index in [0.29, 0.717) is 19.6 Å². The first-order valence-corrected chi connectivity index (χ1v) is 8.74. The van der Waals surface area contributed by atoms with E-state index in [4.69, 9.17) is 4.74 Å². The molecule has 1 heterocycles. The zero-order chi connectivity index (χ0) is 20.0. The molecule has 2 amide bonds. The lowest BCUT2D eigenvalue weighted by Gasteiger charge is -2.35. The van der Waals surface area contributed by atoms with Gasteiger partial charge in [0.25, 0.3) is 0 Å². The van der Waals surface area contributed by atoms with Gasteiger partial charge in [0.1, 0.15) is 12.2 Å². The fourth-order valence-electron chi connectivity index (χ4n) is 2.75. The fourth-order valence-corrected chi connectivity index (χ4v) is 2.75. The molecule has 1 saturated heterocycles. The van der Waals surface area contributed by atoms with Crippen molar-refractivity contribution in [3.63, 3.8) is 0 Å². The van der Waals surface area contributed by atoms with E-state index < -0.39 is 24.5 Å². The van der Waals surface area contributed by atoms with Crippen molar-refractivity contribution in [2.75, 3.05) is 39.9 Å². The molecule has 0 aromatic carbocycles. The number of hydrogen-bond donors (Lipinski definition) is 0. The smallest absolute Gasteiger partial charge is 0.411 e. The Morgan fingerprint density at radius 1 is 1.23 bits per heavy atom. The van der Waals surface area contributed by atoms with Crippen LogP contribution in [0.2, 0.25) is 0 Å². The van der Waals surface area contributed by atoms with Crippen molar-refractivity contribution in [2.45, 2.75) is 51.8 Å². The fraction of sp³-hybridized carbons (Fsp3) is 0.882. The number of rotatable bonds is 6. The van der Waals surface area contributed by atoms with Gasteiger partial charge < -0.3 is 19.3 Å². The maximum Gasteiger partial charge on any atom is 0.411 e. The van der Waals surface area contributed by atoms with Crippen molar-refractivity contribution >= 4 is 12.0 Å². The number of halogens is 3. The molecule has 6 nitrogen and oxygen atoms in total. The number of nitrogens with zero attached hydrogens (tertiary/aromatic N) is 2. The number of likely N-dealkylation sites (tertiary alicyclic amines) is 1. The van der Waals surface area contributed by atoms with E-state index in [1.807, 2.05) is 0 Å². The van der Waals surface area contributed by atoms with Crippen molar-refractivity contribution in [2.24, 2.45) is 5.92 Å². The maximum absolute atomic E-state index is 12.1. The molecule has 152 valence electrons. The highest BCUT2D eigenvalue weighted by Crippen LogP contribution is 2.20. The van der Waals surface area contributed by atoms with Gasteiger partial charge >= 0.3 is 12.3 Å². The van der Waals surface area contributed by atoms with Crippen LogP contribution in [0.15, 0.2) is 0 Å². The topological polar surface area (TPSA) is 59.1 Å². The summed E-state index contributed by atoms with van der Waals surface area (Å²) in [7, 11) is 1.65. The Morgan fingerprint density at radius 3 is 2.46 bits per heavy atom. The summed E-state index contributed by atoms with van der Waals surface area (Å²) in [5.74, 6) is -0.113. The van der Waals surface area contributed by atoms with E-state index in [0.717, 1.165) is 12.8 Å². The molecule has 9 heteroatoms. The van der Waals surface area contributed by atoms with Crippen LogP contribution in [0.25, 0.3) is 0 Å². The molecule has 1 aliphatic rings. The molecule has 0 aromatic rings. The Morgan fingerprint density at radius 2 is 1.88 bits per heavy atom. The summed E-state index contributed by atoms with van der Waals surface area (Å²) in [6.45, 7) is 5.29. The Hall–Kier alpha value is -1.51. The molecule has 0 saturated carbocycles. The average molecular weight is 382 g/mol. The minimum absolute atomic E-state index is 0.0787. The molecular weight excluding hydrogens is 353 g/mol. The Balaban J connectivity index is 2.39. The van der Waals surface area contributed by atoms with Gasteiger partial charge in [0.2, 0.25) is 5.91 Å². The highest BCUT2D eigenvalue weighted by Gasteiger charge is 2.29. The van der Waals surface area contributed by atoms with Crippen LogP contribution in [-0.4, -0.2) is 73.5 Å². The number of carbonyl (C=O) groups is 2. The zero-order valence-electron chi connectivity index (χ0n) is 15.9. The van der Waals surface area contributed by atoms with Crippen molar-refractivity contribution in [1.29, 1.82) is 0 Å². The lowest BCUT2D eigenvalue weighted by Crippen LogP contribution is -2.45. The molecule has 0 bridgehead atoms. The summed E-state index contributed by atoms with van der Waals surface area (Å²) < 4.78 is 45.8. The number of ether oxygens (including phenoxy) is 2. The number of hydrogen-bond acceptors (Lipinski definition) is 4. The maximum atomic E-state index is 12.1. The van der Waals surface area contributed by atoms with Crippen LogP contribution >= 0.6 is 0 Å². The lowest BCUT2D eigenvalue weighted by molar-refractivity contribution is -0.175. The van der Waals surface area contributed by atoms with Crippen LogP contribution in [0.4, 0.5) is 18.0 Å². The largest absolute Gasteiger partial charge is 0.444 e. The van der Waals surface area contributed by atoms with Gasteiger partial charge in [-0.15, -0.1) is 0 Å². The van der Waals surface area contributed by atoms with E-state index >= 15 is 0 Å². The second kappa shape index (κ2) is 9.43. The van der Waals surface area contributed by atoms with Crippen LogP contribution in [0.5, 0.6) is 0 Å². The molecule has 1 rings (SSSR count). The molecule has 1 aliphatic heterocycles. The van der Waals surface area contributed by atoms with Gasteiger partial charge in [-0.05, 0) is 39.5 Å². The normalized spacial score (nSPS) is 18.6. The Labute approximate surface area is 152 Å². The van der Waals surface area contributed by atoms with E-state index in [1.165, 1.54) is 4.90 Å². The van der Waals surface area contributed by atoms with Crippen LogP contribution in [-0.2, 0) is 14.3 Å². The van der Waals surface area contributed by atoms with Crippen LogP contribution < -0.4 is 0 Å². The van der Waals surface area contributed by atoms with Gasteiger partial charge in [-0.2, -0.15) is 13.2 Å². The molecule has 26 heavy (non-hydrogen) atoms. The molecule has 1 atom stereocenters. The molecule has 1 fully saturated rings. The van der Waals surface area contributed by atoms with Crippen molar-refractivity contribution in [1.82, 2.24) is 9.80 Å². The van der Waals surface area contributed by atoms with Crippen molar-refractivity contribution in [3.05, 3.63) is 0 Å². The second-order valence-electron chi connectivity index (χ2n) is 7.63. The predicted molar refractivity (Wildman–Crippen MR) is 89.7 cm³/mol. The summed E-state index contributed by atoms with van der Waals surface area (Å²) in [5, 5.41) is 0. The summed E-state index contributed by atoms with van der Waals surface area (Å²) >= 11 is 0.